The van der Waals surface area contributed by atoms with Crippen molar-refractivity contribution in [3.8, 4) is 0 Å². The van der Waals surface area contributed by atoms with Crippen molar-refractivity contribution in [1.29, 1.82) is 0 Å². The first-order valence-corrected chi connectivity index (χ1v) is 7.91. The smallest absolute Gasteiger partial charge is 0.0757 e. The summed E-state index contributed by atoms with van der Waals surface area (Å²) in [5, 5.41) is 0. The van der Waals surface area contributed by atoms with Crippen LogP contribution < -0.4 is 5.73 Å². The number of rotatable bonds is 2. The van der Waals surface area contributed by atoms with Crippen LogP contribution >= 0.6 is 0 Å². The molecule has 4 unspecified atom stereocenters. The molecule has 1 aliphatic carbocycles. The van der Waals surface area contributed by atoms with Crippen molar-refractivity contribution in [1.82, 2.24) is 4.90 Å². The predicted octanol–water partition coefficient (Wildman–Crippen LogP) is 2.64. The van der Waals surface area contributed by atoms with Crippen molar-refractivity contribution >= 4 is 0 Å². The number of hydrogen-bond donors (Lipinski definition) is 1. The van der Waals surface area contributed by atoms with Gasteiger partial charge in [-0.3, -0.25) is 4.90 Å². The van der Waals surface area contributed by atoms with Crippen LogP contribution in [0.5, 0.6) is 0 Å². The lowest BCUT2D eigenvalue weighted by molar-refractivity contribution is -0.160. The molecule has 3 heteroatoms. The molecular weight excluding hydrogens is 236 g/mol. The third-order valence-corrected chi connectivity index (χ3v) is 5.36. The first-order valence-electron chi connectivity index (χ1n) is 7.91. The molecule has 0 bridgehead atoms. The maximum absolute atomic E-state index is 6.23. The van der Waals surface area contributed by atoms with Gasteiger partial charge in [-0.2, -0.15) is 0 Å². The summed E-state index contributed by atoms with van der Waals surface area (Å²) in [6.07, 6.45) is 4.11. The quantitative estimate of drug-likeness (QED) is 0.837. The summed E-state index contributed by atoms with van der Waals surface area (Å²) in [5.74, 6) is 1.62. The van der Waals surface area contributed by atoms with E-state index in [1.54, 1.807) is 0 Å². The lowest BCUT2D eigenvalue weighted by atomic mass is 9.70. The summed E-state index contributed by atoms with van der Waals surface area (Å²) >= 11 is 0. The molecule has 4 atom stereocenters. The third kappa shape index (κ3) is 3.14. The average molecular weight is 268 g/mol. The van der Waals surface area contributed by atoms with Crippen LogP contribution in [-0.2, 0) is 4.74 Å². The average Bonchev–Trinajstić information content (AvgIpc) is 2.30. The number of hydrogen-bond acceptors (Lipinski definition) is 3. The Balaban J connectivity index is 2.16. The minimum absolute atomic E-state index is 0.0495. The molecule has 0 aromatic heterocycles. The first kappa shape index (κ1) is 15.3. The van der Waals surface area contributed by atoms with Crippen molar-refractivity contribution in [2.75, 3.05) is 19.6 Å². The van der Waals surface area contributed by atoms with E-state index in [9.17, 15) is 0 Å². The SMILES string of the molecule is CC1CN(C2(CN)CCC(C)C(C)C2)CC(C)(C)O1. The maximum Gasteiger partial charge on any atom is 0.0757 e. The van der Waals surface area contributed by atoms with Crippen molar-refractivity contribution in [2.45, 2.75) is 71.1 Å². The van der Waals surface area contributed by atoms with Crippen LogP contribution in [0.4, 0.5) is 0 Å². The molecule has 0 aromatic rings. The van der Waals surface area contributed by atoms with Gasteiger partial charge < -0.3 is 10.5 Å². The van der Waals surface area contributed by atoms with E-state index >= 15 is 0 Å². The molecule has 0 spiro atoms. The highest BCUT2D eigenvalue weighted by atomic mass is 16.5. The van der Waals surface area contributed by atoms with E-state index in [0.717, 1.165) is 31.5 Å². The highest BCUT2D eigenvalue weighted by Crippen LogP contribution is 2.41. The molecule has 1 aliphatic heterocycles. The molecule has 2 aliphatic rings. The lowest BCUT2D eigenvalue weighted by Crippen LogP contribution is -2.64. The van der Waals surface area contributed by atoms with E-state index < -0.39 is 0 Å². The molecule has 1 saturated heterocycles. The van der Waals surface area contributed by atoms with Crippen molar-refractivity contribution in [3.05, 3.63) is 0 Å². The fourth-order valence-electron chi connectivity index (χ4n) is 4.10. The summed E-state index contributed by atoms with van der Waals surface area (Å²) in [4.78, 5) is 2.64. The molecule has 0 amide bonds. The van der Waals surface area contributed by atoms with Gasteiger partial charge in [0.25, 0.3) is 0 Å². The first-order chi connectivity index (χ1) is 8.78. The Labute approximate surface area is 118 Å². The lowest BCUT2D eigenvalue weighted by Gasteiger charge is -2.54. The standard InChI is InChI=1S/C16H32N2O/c1-12-6-7-16(10-17,8-13(12)2)18-9-14(3)19-15(4,5)11-18/h12-14H,6-11,17H2,1-5H3. The molecular formula is C16H32N2O. The van der Waals surface area contributed by atoms with Gasteiger partial charge in [-0.05, 0) is 51.9 Å². The Bertz CT molecular complexity index is 318. The van der Waals surface area contributed by atoms with Crippen LogP contribution in [0.1, 0.15) is 53.9 Å². The van der Waals surface area contributed by atoms with Crippen LogP contribution in [0.2, 0.25) is 0 Å². The van der Waals surface area contributed by atoms with Gasteiger partial charge >= 0.3 is 0 Å². The zero-order valence-corrected chi connectivity index (χ0v) is 13.4. The van der Waals surface area contributed by atoms with E-state index in [4.69, 9.17) is 10.5 Å². The summed E-state index contributed by atoms with van der Waals surface area (Å²) < 4.78 is 6.05. The number of nitrogens with two attached hydrogens (primary N) is 1. The van der Waals surface area contributed by atoms with Gasteiger partial charge in [0, 0.05) is 25.2 Å². The van der Waals surface area contributed by atoms with Crippen LogP contribution in [0, 0.1) is 11.8 Å². The Morgan fingerprint density at radius 3 is 2.42 bits per heavy atom. The second-order valence-electron chi connectivity index (χ2n) is 7.69. The van der Waals surface area contributed by atoms with Gasteiger partial charge in [0.2, 0.25) is 0 Å². The third-order valence-electron chi connectivity index (χ3n) is 5.36. The van der Waals surface area contributed by atoms with E-state index in [2.05, 4.69) is 39.5 Å². The fourth-order valence-corrected chi connectivity index (χ4v) is 4.10. The summed E-state index contributed by atoms with van der Waals surface area (Å²) in [5.41, 5.74) is 6.39. The van der Waals surface area contributed by atoms with Crippen molar-refractivity contribution < 1.29 is 4.74 Å². The van der Waals surface area contributed by atoms with Gasteiger partial charge in [-0.25, -0.2) is 0 Å². The molecule has 112 valence electrons. The van der Waals surface area contributed by atoms with E-state index in [-0.39, 0.29) is 11.1 Å². The molecule has 2 N–H and O–H groups in total. The van der Waals surface area contributed by atoms with Gasteiger partial charge in [0.05, 0.1) is 11.7 Å². The molecule has 2 fully saturated rings. The van der Waals surface area contributed by atoms with Crippen LogP contribution in [0.3, 0.4) is 0 Å². The number of morpholine rings is 1. The number of ether oxygens (including phenoxy) is 1. The number of nitrogens with zero attached hydrogens (tertiary/aromatic N) is 1. The van der Waals surface area contributed by atoms with Gasteiger partial charge in [-0.15, -0.1) is 0 Å². The van der Waals surface area contributed by atoms with Gasteiger partial charge in [-0.1, -0.05) is 13.8 Å². The predicted molar refractivity (Wildman–Crippen MR) is 80.2 cm³/mol. The van der Waals surface area contributed by atoms with Crippen LogP contribution in [0.25, 0.3) is 0 Å². The molecule has 2 rings (SSSR count). The van der Waals surface area contributed by atoms with E-state index in [0.29, 0.717) is 6.10 Å². The molecule has 1 heterocycles. The molecule has 0 aromatic carbocycles. The summed E-state index contributed by atoms with van der Waals surface area (Å²) in [6, 6.07) is 0. The summed E-state index contributed by atoms with van der Waals surface area (Å²) in [6.45, 7) is 14.2. The van der Waals surface area contributed by atoms with Crippen molar-refractivity contribution in [2.24, 2.45) is 17.6 Å². The van der Waals surface area contributed by atoms with E-state index in [1.807, 2.05) is 0 Å². The Morgan fingerprint density at radius 1 is 1.21 bits per heavy atom. The Kier molecular flexibility index (Phi) is 4.29. The minimum Gasteiger partial charge on any atom is -0.370 e. The fraction of sp³-hybridized carbons (Fsp3) is 1.00. The molecule has 1 saturated carbocycles. The zero-order valence-electron chi connectivity index (χ0n) is 13.4. The van der Waals surface area contributed by atoms with Crippen molar-refractivity contribution in [3.63, 3.8) is 0 Å². The van der Waals surface area contributed by atoms with Crippen LogP contribution in [0.15, 0.2) is 0 Å². The second-order valence-corrected chi connectivity index (χ2v) is 7.69. The topological polar surface area (TPSA) is 38.5 Å². The normalized spacial score (nSPS) is 44.2. The Hall–Kier alpha value is -0.120. The highest BCUT2D eigenvalue weighted by molar-refractivity contribution is 5.01. The largest absolute Gasteiger partial charge is 0.370 e. The van der Waals surface area contributed by atoms with Gasteiger partial charge in [0.1, 0.15) is 0 Å². The molecule has 3 nitrogen and oxygen atoms in total. The molecule has 19 heavy (non-hydrogen) atoms. The monoisotopic (exact) mass is 268 g/mol. The second kappa shape index (κ2) is 5.34. The molecule has 0 radical (unpaired) electrons. The van der Waals surface area contributed by atoms with Crippen LogP contribution in [-0.4, -0.2) is 41.8 Å². The minimum atomic E-state index is -0.0495. The van der Waals surface area contributed by atoms with E-state index in [1.165, 1.54) is 19.3 Å². The Morgan fingerprint density at radius 2 is 1.89 bits per heavy atom. The maximum atomic E-state index is 6.23. The summed E-state index contributed by atoms with van der Waals surface area (Å²) in [7, 11) is 0. The zero-order chi connectivity index (χ0) is 14.3. The highest BCUT2D eigenvalue weighted by Gasteiger charge is 2.45. The van der Waals surface area contributed by atoms with Gasteiger partial charge in [0.15, 0.2) is 0 Å².